The first-order valence-electron chi connectivity index (χ1n) is 7.25. The summed E-state index contributed by atoms with van der Waals surface area (Å²) in [5, 5.41) is 3.09. The Bertz CT molecular complexity index is 578. The van der Waals surface area contributed by atoms with Crippen LogP contribution in [0, 0.1) is 0 Å². The van der Waals surface area contributed by atoms with E-state index in [-0.39, 0.29) is 0 Å². The van der Waals surface area contributed by atoms with Gasteiger partial charge in [-0.25, -0.2) is 0 Å². The Morgan fingerprint density at radius 2 is 2.05 bits per heavy atom. The minimum atomic E-state index is 0.779. The van der Waals surface area contributed by atoms with Gasteiger partial charge in [0.05, 0.1) is 11.9 Å². The zero-order chi connectivity index (χ0) is 13.8. The number of fused-ring (bicyclic) bond motifs is 1. The van der Waals surface area contributed by atoms with Crippen LogP contribution in [0.2, 0.25) is 0 Å². The molecule has 0 unspecified atom stereocenters. The van der Waals surface area contributed by atoms with Gasteiger partial charge >= 0.3 is 0 Å². The fourth-order valence-corrected chi connectivity index (χ4v) is 2.73. The highest BCUT2D eigenvalue weighted by Gasteiger charge is 2.14. The second kappa shape index (κ2) is 6.06. The maximum atomic E-state index is 6.03. The van der Waals surface area contributed by atoms with E-state index < -0.39 is 0 Å². The van der Waals surface area contributed by atoms with E-state index in [1.165, 1.54) is 30.4 Å². The van der Waals surface area contributed by atoms with Crippen molar-refractivity contribution >= 4 is 0 Å². The lowest BCUT2D eigenvalue weighted by Gasteiger charge is -2.19. The van der Waals surface area contributed by atoms with E-state index in [2.05, 4.69) is 28.5 Å². The molecule has 0 saturated heterocycles. The SMILES string of the molecule is CNCc1ccc(Oc2cccc3c2CCCC3)cn1. The quantitative estimate of drug-likeness (QED) is 0.922. The molecule has 0 bridgehead atoms. The van der Waals surface area contributed by atoms with E-state index >= 15 is 0 Å². The van der Waals surface area contributed by atoms with Crippen LogP contribution in [-0.2, 0) is 19.4 Å². The maximum Gasteiger partial charge on any atom is 0.145 e. The number of nitrogens with zero attached hydrogens (tertiary/aromatic N) is 1. The molecule has 0 aliphatic heterocycles. The number of hydrogen-bond acceptors (Lipinski definition) is 3. The van der Waals surface area contributed by atoms with Gasteiger partial charge in [-0.2, -0.15) is 0 Å². The molecule has 3 heteroatoms. The topological polar surface area (TPSA) is 34.1 Å². The van der Waals surface area contributed by atoms with Crippen molar-refractivity contribution in [3.63, 3.8) is 0 Å². The largest absolute Gasteiger partial charge is 0.455 e. The predicted octanol–water partition coefficient (Wildman–Crippen LogP) is 3.47. The van der Waals surface area contributed by atoms with Crippen molar-refractivity contribution in [2.45, 2.75) is 32.2 Å². The third kappa shape index (κ3) is 2.83. The highest BCUT2D eigenvalue weighted by atomic mass is 16.5. The highest BCUT2D eigenvalue weighted by molar-refractivity contribution is 5.43. The lowest BCUT2D eigenvalue weighted by atomic mass is 9.91. The van der Waals surface area contributed by atoms with Crippen molar-refractivity contribution in [2.75, 3.05) is 7.05 Å². The predicted molar refractivity (Wildman–Crippen MR) is 80.2 cm³/mol. The van der Waals surface area contributed by atoms with E-state index in [1.807, 2.05) is 19.2 Å². The van der Waals surface area contributed by atoms with Gasteiger partial charge in [-0.15, -0.1) is 0 Å². The molecule has 20 heavy (non-hydrogen) atoms. The number of aromatic nitrogens is 1. The van der Waals surface area contributed by atoms with Gasteiger partial charge in [0.15, 0.2) is 0 Å². The molecule has 1 aromatic heterocycles. The summed E-state index contributed by atoms with van der Waals surface area (Å²) in [6.45, 7) is 0.779. The number of rotatable bonds is 4. The lowest BCUT2D eigenvalue weighted by molar-refractivity contribution is 0.467. The maximum absolute atomic E-state index is 6.03. The number of ether oxygens (including phenoxy) is 1. The summed E-state index contributed by atoms with van der Waals surface area (Å²) in [4.78, 5) is 4.39. The highest BCUT2D eigenvalue weighted by Crippen LogP contribution is 2.32. The monoisotopic (exact) mass is 268 g/mol. The molecule has 104 valence electrons. The van der Waals surface area contributed by atoms with Crippen LogP contribution in [0.5, 0.6) is 11.5 Å². The molecule has 1 N–H and O–H groups in total. The molecule has 1 aliphatic carbocycles. The van der Waals surface area contributed by atoms with Gasteiger partial charge < -0.3 is 10.1 Å². The minimum absolute atomic E-state index is 0.779. The number of nitrogens with one attached hydrogen (secondary N) is 1. The molecule has 2 aromatic rings. The Morgan fingerprint density at radius 1 is 1.15 bits per heavy atom. The van der Waals surface area contributed by atoms with Crippen LogP contribution in [0.25, 0.3) is 0 Å². The van der Waals surface area contributed by atoms with Crippen molar-refractivity contribution in [3.05, 3.63) is 53.3 Å². The smallest absolute Gasteiger partial charge is 0.145 e. The van der Waals surface area contributed by atoms with Crippen molar-refractivity contribution in [3.8, 4) is 11.5 Å². The Morgan fingerprint density at radius 3 is 2.85 bits per heavy atom. The summed E-state index contributed by atoms with van der Waals surface area (Å²) in [5.74, 6) is 1.80. The molecule has 0 atom stereocenters. The van der Waals surface area contributed by atoms with Crippen molar-refractivity contribution in [1.82, 2.24) is 10.3 Å². The Hall–Kier alpha value is -1.87. The molecule has 0 saturated carbocycles. The minimum Gasteiger partial charge on any atom is -0.455 e. The molecule has 1 heterocycles. The molecule has 3 rings (SSSR count). The summed E-state index contributed by atoms with van der Waals surface area (Å²) in [5.41, 5.74) is 3.83. The zero-order valence-corrected chi connectivity index (χ0v) is 11.9. The van der Waals surface area contributed by atoms with Crippen LogP contribution in [0.3, 0.4) is 0 Å². The van der Waals surface area contributed by atoms with E-state index in [4.69, 9.17) is 4.74 Å². The Labute approximate surface area is 120 Å². The van der Waals surface area contributed by atoms with Gasteiger partial charge in [-0.3, -0.25) is 4.98 Å². The first kappa shape index (κ1) is 13.1. The average Bonchev–Trinajstić information content (AvgIpc) is 2.50. The van der Waals surface area contributed by atoms with Crippen molar-refractivity contribution in [1.29, 1.82) is 0 Å². The third-order valence-electron chi connectivity index (χ3n) is 3.74. The Kier molecular flexibility index (Phi) is 3.97. The number of benzene rings is 1. The van der Waals surface area contributed by atoms with Crippen LogP contribution >= 0.6 is 0 Å². The second-order valence-electron chi connectivity index (χ2n) is 5.22. The van der Waals surface area contributed by atoms with E-state index in [1.54, 1.807) is 6.20 Å². The van der Waals surface area contributed by atoms with Crippen LogP contribution < -0.4 is 10.1 Å². The number of pyridine rings is 1. The summed E-state index contributed by atoms with van der Waals surface area (Å²) in [6.07, 6.45) is 6.64. The Balaban J connectivity index is 1.80. The average molecular weight is 268 g/mol. The van der Waals surface area contributed by atoms with E-state index in [0.717, 1.165) is 30.2 Å². The van der Waals surface area contributed by atoms with Crippen LogP contribution in [0.4, 0.5) is 0 Å². The van der Waals surface area contributed by atoms with Gasteiger partial charge in [0, 0.05) is 6.54 Å². The first-order valence-corrected chi connectivity index (χ1v) is 7.25. The molecule has 0 spiro atoms. The van der Waals surface area contributed by atoms with Crippen LogP contribution in [0.1, 0.15) is 29.7 Å². The van der Waals surface area contributed by atoms with Gasteiger partial charge in [-0.05, 0) is 62.1 Å². The summed E-state index contributed by atoms with van der Waals surface area (Å²) in [7, 11) is 1.92. The lowest BCUT2D eigenvalue weighted by Crippen LogP contribution is -2.06. The van der Waals surface area contributed by atoms with E-state index in [9.17, 15) is 0 Å². The number of aryl methyl sites for hydroxylation is 1. The van der Waals surface area contributed by atoms with Crippen molar-refractivity contribution < 1.29 is 4.74 Å². The molecule has 0 amide bonds. The molecular weight excluding hydrogens is 248 g/mol. The molecule has 0 radical (unpaired) electrons. The van der Waals surface area contributed by atoms with Crippen LogP contribution in [-0.4, -0.2) is 12.0 Å². The third-order valence-corrected chi connectivity index (χ3v) is 3.74. The zero-order valence-electron chi connectivity index (χ0n) is 11.9. The van der Waals surface area contributed by atoms with Gasteiger partial charge in [0.1, 0.15) is 11.5 Å². The second-order valence-corrected chi connectivity index (χ2v) is 5.22. The molecule has 1 aliphatic rings. The molecule has 1 aromatic carbocycles. The molecule has 0 fully saturated rings. The first-order chi connectivity index (χ1) is 9.86. The van der Waals surface area contributed by atoms with E-state index in [0.29, 0.717) is 0 Å². The van der Waals surface area contributed by atoms with Crippen LogP contribution in [0.15, 0.2) is 36.5 Å². The van der Waals surface area contributed by atoms with Gasteiger partial charge in [-0.1, -0.05) is 12.1 Å². The fourth-order valence-electron chi connectivity index (χ4n) is 2.73. The standard InChI is InChI=1S/C17H20N2O/c1-18-11-14-9-10-15(12-19-14)20-17-8-4-6-13-5-2-3-7-16(13)17/h4,6,8-10,12,18H,2-3,5,7,11H2,1H3. The fraction of sp³-hybridized carbons (Fsp3) is 0.353. The van der Waals surface area contributed by atoms with Gasteiger partial charge in [0.25, 0.3) is 0 Å². The molecule has 3 nitrogen and oxygen atoms in total. The summed E-state index contributed by atoms with van der Waals surface area (Å²) < 4.78 is 6.03. The van der Waals surface area contributed by atoms with Crippen molar-refractivity contribution in [2.24, 2.45) is 0 Å². The van der Waals surface area contributed by atoms with Gasteiger partial charge in [0.2, 0.25) is 0 Å². The summed E-state index contributed by atoms with van der Waals surface area (Å²) in [6, 6.07) is 10.4. The number of hydrogen-bond donors (Lipinski definition) is 1. The molecular formula is C17H20N2O. The normalized spacial score (nSPS) is 13.8. The summed E-state index contributed by atoms with van der Waals surface area (Å²) >= 11 is 0.